The van der Waals surface area contributed by atoms with Crippen LogP contribution >= 0.6 is 0 Å². The van der Waals surface area contributed by atoms with Crippen molar-refractivity contribution in [2.24, 2.45) is 0 Å². The molecule has 1 fully saturated rings. The van der Waals surface area contributed by atoms with Crippen LogP contribution in [0.3, 0.4) is 0 Å². The summed E-state index contributed by atoms with van der Waals surface area (Å²) in [6, 6.07) is 5.20. The zero-order valence-electron chi connectivity index (χ0n) is 17.1. The number of hydrogen-bond acceptors (Lipinski definition) is 7. The van der Waals surface area contributed by atoms with E-state index in [9.17, 15) is 4.79 Å². The van der Waals surface area contributed by atoms with Crippen LogP contribution in [0, 0.1) is 13.8 Å². The molecule has 0 bridgehead atoms. The van der Waals surface area contributed by atoms with E-state index in [-0.39, 0.29) is 11.9 Å². The van der Waals surface area contributed by atoms with E-state index in [1.165, 1.54) is 0 Å². The number of carbonyl (C=O) groups excluding carboxylic acids is 1. The van der Waals surface area contributed by atoms with Crippen LogP contribution in [0.5, 0.6) is 0 Å². The van der Waals surface area contributed by atoms with E-state index in [0.29, 0.717) is 23.9 Å². The third kappa shape index (κ3) is 3.46. The smallest absolute Gasteiger partial charge is 0.273 e. The molecule has 1 aliphatic rings. The van der Waals surface area contributed by atoms with E-state index in [1.54, 1.807) is 24.5 Å². The molecule has 150 valence electrons. The SMILES string of the molecule is Cc1noc(-c2cnc(N(C)C)nc2C2CCCN2C(=O)c2ccccn2)c1C. The van der Waals surface area contributed by atoms with Gasteiger partial charge in [-0.15, -0.1) is 0 Å². The second kappa shape index (κ2) is 7.62. The molecule has 1 amide bonds. The molecule has 3 aromatic heterocycles. The van der Waals surface area contributed by atoms with Crippen molar-refractivity contribution in [3.8, 4) is 11.3 Å². The first kappa shape index (κ1) is 19.0. The summed E-state index contributed by atoms with van der Waals surface area (Å²) in [5.41, 5.74) is 3.78. The molecule has 0 saturated carbocycles. The number of amides is 1. The van der Waals surface area contributed by atoms with Crippen molar-refractivity contribution < 1.29 is 9.32 Å². The molecule has 0 N–H and O–H groups in total. The second-order valence-electron chi connectivity index (χ2n) is 7.46. The summed E-state index contributed by atoms with van der Waals surface area (Å²) >= 11 is 0. The van der Waals surface area contributed by atoms with Gasteiger partial charge in [0.25, 0.3) is 5.91 Å². The van der Waals surface area contributed by atoms with Gasteiger partial charge in [-0.3, -0.25) is 9.78 Å². The number of carbonyl (C=O) groups is 1. The number of pyridine rings is 1. The molecule has 1 atom stereocenters. The average Bonchev–Trinajstić information content (AvgIpc) is 3.35. The minimum absolute atomic E-state index is 0.0884. The number of aromatic nitrogens is 4. The van der Waals surface area contributed by atoms with Crippen molar-refractivity contribution in [2.75, 3.05) is 25.5 Å². The molecule has 8 nitrogen and oxygen atoms in total. The van der Waals surface area contributed by atoms with Crippen molar-refractivity contribution in [3.63, 3.8) is 0 Å². The Morgan fingerprint density at radius 1 is 1.24 bits per heavy atom. The third-order valence-corrected chi connectivity index (χ3v) is 5.32. The van der Waals surface area contributed by atoms with E-state index in [2.05, 4.69) is 15.1 Å². The molecular weight excluding hydrogens is 368 g/mol. The minimum atomic E-state index is -0.175. The van der Waals surface area contributed by atoms with Gasteiger partial charge in [0.1, 0.15) is 5.69 Å². The van der Waals surface area contributed by atoms with Crippen molar-refractivity contribution in [2.45, 2.75) is 32.7 Å². The Morgan fingerprint density at radius 2 is 2.07 bits per heavy atom. The largest absolute Gasteiger partial charge is 0.356 e. The second-order valence-corrected chi connectivity index (χ2v) is 7.46. The van der Waals surface area contributed by atoms with E-state index < -0.39 is 0 Å². The lowest BCUT2D eigenvalue weighted by Crippen LogP contribution is -2.32. The van der Waals surface area contributed by atoms with Crippen molar-refractivity contribution >= 4 is 11.9 Å². The van der Waals surface area contributed by atoms with Crippen LogP contribution < -0.4 is 4.90 Å². The molecule has 4 rings (SSSR count). The van der Waals surface area contributed by atoms with Crippen LogP contribution in [0.4, 0.5) is 5.95 Å². The first-order valence-corrected chi connectivity index (χ1v) is 9.67. The van der Waals surface area contributed by atoms with Crippen molar-refractivity contribution in [1.29, 1.82) is 0 Å². The Kier molecular flexibility index (Phi) is 5.00. The maximum atomic E-state index is 13.1. The molecular formula is C21H24N6O2. The van der Waals surface area contributed by atoms with E-state index >= 15 is 0 Å². The maximum Gasteiger partial charge on any atom is 0.273 e. The number of anilines is 1. The van der Waals surface area contributed by atoms with Gasteiger partial charge in [-0.1, -0.05) is 11.2 Å². The van der Waals surface area contributed by atoms with Crippen molar-refractivity contribution in [1.82, 2.24) is 25.0 Å². The zero-order chi connectivity index (χ0) is 20.5. The van der Waals surface area contributed by atoms with Crippen LogP contribution in [0.2, 0.25) is 0 Å². The van der Waals surface area contributed by atoms with E-state index in [1.807, 2.05) is 43.8 Å². The fraction of sp³-hybridized carbons (Fsp3) is 0.381. The maximum absolute atomic E-state index is 13.1. The highest BCUT2D eigenvalue weighted by atomic mass is 16.5. The molecule has 0 aromatic carbocycles. The Hall–Kier alpha value is -3.29. The van der Waals surface area contributed by atoms with Crippen molar-refractivity contribution in [3.05, 3.63) is 53.2 Å². The summed E-state index contributed by atoms with van der Waals surface area (Å²) in [6.45, 7) is 4.54. The summed E-state index contributed by atoms with van der Waals surface area (Å²) in [5.74, 6) is 1.16. The molecule has 1 saturated heterocycles. The van der Waals surface area contributed by atoms with Gasteiger partial charge in [0.05, 0.1) is 23.0 Å². The molecule has 0 radical (unpaired) electrons. The number of hydrogen-bond donors (Lipinski definition) is 0. The quantitative estimate of drug-likeness (QED) is 0.674. The van der Waals surface area contributed by atoms with Crippen LogP contribution in [0.25, 0.3) is 11.3 Å². The molecule has 1 aliphatic heterocycles. The summed E-state index contributed by atoms with van der Waals surface area (Å²) in [4.78, 5) is 30.4. The van der Waals surface area contributed by atoms with Gasteiger partial charge >= 0.3 is 0 Å². The summed E-state index contributed by atoms with van der Waals surface area (Å²) < 4.78 is 5.60. The van der Waals surface area contributed by atoms with Crippen LogP contribution in [0.15, 0.2) is 35.1 Å². The summed E-state index contributed by atoms with van der Waals surface area (Å²) in [6.07, 6.45) is 5.13. The van der Waals surface area contributed by atoms with Crippen LogP contribution in [0.1, 0.15) is 46.3 Å². The van der Waals surface area contributed by atoms with Gasteiger partial charge in [-0.05, 0) is 38.8 Å². The lowest BCUT2D eigenvalue weighted by atomic mass is 10.0. The Labute approximate surface area is 169 Å². The molecule has 8 heteroatoms. The minimum Gasteiger partial charge on any atom is -0.356 e. The number of rotatable bonds is 4. The van der Waals surface area contributed by atoms with Gasteiger partial charge in [0.15, 0.2) is 5.76 Å². The standard InChI is InChI=1S/C21H24N6O2/c1-13-14(2)25-29-19(13)15-12-23-21(26(3)4)24-18(15)17-9-7-11-27(17)20(28)16-8-5-6-10-22-16/h5-6,8,10,12,17H,7,9,11H2,1-4H3. The Balaban J connectivity index is 1.80. The number of aryl methyl sites for hydroxylation is 1. The molecule has 4 heterocycles. The molecule has 29 heavy (non-hydrogen) atoms. The van der Waals surface area contributed by atoms with E-state index in [0.717, 1.165) is 35.4 Å². The molecule has 1 unspecified atom stereocenters. The van der Waals surface area contributed by atoms with Gasteiger partial charge in [-0.25, -0.2) is 9.97 Å². The highest BCUT2D eigenvalue weighted by Gasteiger charge is 2.35. The van der Waals surface area contributed by atoms with E-state index in [4.69, 9.17) is 9.51 Å². The number of nitrogens with zero attached hydrogens (tertiary/aromatic N) is 6. The topological polar surface area (TPSA) is 88.3 Å². The molecule has 0 aliphatic carbocycles. The number of likely N-dealkylation sites (tertiary alicyclic amines) is 1. The summed E-state index contributed by atoms with van der Waals surface area (Å²) in [7, 11) is 3.79. The highest BCUT2D eigenvalue weighted by Crippen LogP contribution is 2.39. The van der Waals surface area contributed by atoms with Gasteiger partial charge in [0.2, 0.25) is 5.95 Å². The Bertz CT molecular complexity index is 1030. The lowest BCUT2D eigenvalue weighted by molar-refractivity contribution is 0.0727. The Morgan fingerprint density at radius 3 is 2.72 bits per heavy atom. The van der Waals surface area contributed by atoms with Gasteiger partial charge < -0.3 is 14.3 Å². The first-order chi connectivity index (χ1) is 14.0. The summed E-state index contributed by atoms with van der Waals surface area (Å²) in [5, 5.41) is 4.09. The predicted molar refractivity (Wildman–Crippen MR) is 109 cm³/mol. The first-order valence-electron chi connectivity index (χ1n) is 9.67. The van der Waals surface area contributed by atoms with Gasteiger partial charge in [-0.2, -0.15) is 0 Å². The normalized spacial score (nSPS) is 16.3. The monoisotopic (exact) mass is 392 g/mol. The average molecular weight is 392 g/mol. The zero-order valence-corrected chi connectivity index (χ0v) is 17.1. The molecule has 0 spiro atoms. The predicted octanol–water partition coefficient (Wildman–Crippen LogP) is 3.19. The fourth-order valence-electron chi connectivity index (χ4n) is 3.63. The fourth-order valence-corrected chi connectivity index (χ4v) is 3.63. The molecule has 3 aromatic rings. The van der Waals surface area contributed by atoms with Crippen LogP contribution in [-0.2, 0) is 0 Å². The van der Waals surface area contributed by atoms with Gasteiger partial charge in [0, 0.05) is 38.6 Å². The van der Waals surface area contributed by atoms with Crippen LogP contribution in [-0.4, -0.2) is 51.6 Å². The third-order valence-electron chi connectivity index (χ3n) is 5.32. The highest BCUT2D eigenvalue weighted by molar-refractivity contribution is 5.92. The lowest BCUT2D eigenvalue weighted by Gasteiger charge is -2.26.